The van der Waals surface area contributed by atoms with E-state index in [1.807, 2.05) is 38.1 Å². The van der Waals surface area contributed by atoms with Crippen LogP contribution in [0.5, 0.6) is 17.2 Å². The van der Waals surface area contributed by atoms with Crippen molar-refractivity contribution in [3.05, 3.63) is 86.8 Å². The number of anilines is 1. The van der Waals surface area contributed by atoms with E-state index in [9.17, 15) is 9.59 Å². The Morgan fingerprint density at radius 3 is 2.26 bits per heavy atom. The van der Waals surface area contributed by atoms with E-state index in [-0.39, 0.29) is 16.8 Å². The number of rotatable bonds is 5. The molecule has 0 N–H and O–H groups in total. The third-order valence-corrected chi connectivity index (χ3v) is 7.78. The minimum absolute atomic E-state index is 0.000501. The molecule has 192 valence electrons. The maximum Gasteiger partial charge on any atom is 0.297 e. The first-order valence-electron chi connectivity index (χ1n) is 11.9. The second kappa shape index (κ2) is 8.88. The van der Waals surface area contributed by atoms with Crippen molar-refractivity contribution in [3.8, 4) is 17.2 Å². The molecule has 1 aliphatic rings. The lowest BCUT2D eigenvalue weighted by molar-refractivity contribution is 0.0971. The van der Waals surface area contributed by atoms with Crippen LogP contribution in [0.15, 0.2) is 57.7 Å². The number of aromatic nitrogens is 1. The summed E-state index contributed by atoms with van der Waals surface area (Å²) in [6.07, 6.45) is 0. The van der Waals surface area contributed by atoms with Gasteiger partial charge in [-0.1, -0.05) is 29.0 Å². The molecular weight excluding hydrogens is 504 g/mol. The van der Waals surface area contributed by atoms with Gasteiger partial charge in [-0.3, -0.25) is 14.5 Å². The van der Waals surface area contributed by atoms with E-state index in [1.165, 1.54) is 37.6 Å². The average molecular weight is 529 g/mol. The Morgan fingerprint density at radius 1 is 0.895 bits per heavy atom. The molecule has 0 radical (unpaired) electrons. The molecule has 0 spiro atoms. The Morgan fingerprint density at radius 2 is 1.58 bits per heavy atom. The van der Waals surface area contributed by atoms with Gasteiger partial charge in [-0.15, -0.1) is 0 Å². The van der Waals surface area contributed by atoms with E-state index in [1.54, 1.807) is 24.3 Å². The van der Waals surface area contributed by atoms with Crippen LogP contribution in [0.3, 0.4) is 0 Å². The van der Waals surface area contributed by atoms with Crippen LogP contribution in [0.1, 0.15) is 38.9 Å². The van der Waals surface area contributed by atoms with Crippen molar-refractivity contribution >= 4 is 43.6 Å². The van der Waals surface area contributed by atoms with Crippen LogP contribution in [-0.2, 0) is 0 Å². The van der Waals surface area contributed by atoms with Crippen LogP contribution in [-0.4, -0.2) is 32.2 Å². The molecule has 0 saturated heterocycles. The van der Waals surface area contributed by atoms with Gasteiger partial charge >= 0.3 is 0 Å². The smallest absolute Gasteiger partial charge is 0.297 e. The van der Waals surface area contributed by atoms with Gasteiger partial charge in [0.05, 0.1) is 48.5 Å². The van der Waals surface area contributed by atoms with Gasteiger partial charge in [-0.2, -0.15) is 0 Å². The topological polar surface area (TPSA) is 91.1 Å². The Hall–Kier alpha value is -4.37. The fraction of sp³-hybridized carbons (Fsp3) is 0.207. The van der Waals surface area contributed by atoms with Gasteiger partial charge < -0.3 is 18.6 Å². The van der Waals surface area contributed by atoms with Crippen molar-refractivity contribution in [2.24, 2.45) is 0 Å². The number of carbonyl (C=O) groups is 1. The van der Waals surface area contributed by atoms with E-state index >= 15 is 0 Å². The lowest BCUT2D eigenvalue weighted by Gasteiger charge is -2.24. The van der Waals surface area contributed by atoms with Gasteiger partial charge in [-0.05, 0) is 61.4 Å². The summed E-state index contributed by atoms with van der Waals surface area (Å²) >= 11 is 1.38. The molecule has 8 nitrogen and oxygen atoms in total. The van der Waals surface area contributed by atoms with Crippen LogP contribution in [0.4, 0.5) is 5.13 Å². The zero-order valence-corrected chi connectivity index (χ0v) is 22.3. The Bertz CT molecular complexity index is 1800. The number of amides is 1. The van der Waals surface area contributed by atoms with Crippen LogP contribution in [0, 0.1) is 13.8 Å². The first kappa shape index (κ1) is 24.0. The van der Waals surface area contributed by atoms with Crippen LogP contribution >= 0.6 is 11.3 Å². The van der Waals surface area contributed by atoms with E-state index in [2.05, 4.69) is 0 Å². The van der Waals surface area contributed by atoms with Gasteiger partial charge in [0.1, 0.15) is 5.58 Å². The van der Waals surface area contributed by atoms with E-state index < -0.39 is 11.9 Å². The molecule has 0 unspecified atom stereocenters. The Labute approximate surface area is 222 Å². The van der Waals surface area contributed by atoms with Gasteiger partial charge in [-0.25, -0.2) is 4.98 Å². The summed E-state index contributed by atoms with van der Waals surface area (Å²) in [7, 11) is 4.56. The summed E-state index contributed by atoms with van der Waals surface area (Å²) in [4.78, 5) is 34.3. The highest BCUT2D eigenvalue weighted by molar-refractivity contribution is 7.22. The summed E-state index contributed by atoms with van der Waals surface area (Å²) in [5.74, 6) is 0.786. The molecule has 0 aliphatic carbocycles. The number of nitrogens with zero attached hydrogens (tertiary/aromatic N) is 2. The van der Waals surface area contributed by atoms with Gasteiger partial charge in [0.15, 0.2) is 22.1 Å². The number of thiazole rings is 1. The monoisotopic (exact) mass is 528 g/mol. The third kappa shape index (κ3) is 3.53. The molecule has 3 aromatic carbocycles. The molecule has 9 heteroatoms. The molecule has 1 amide bonds. The number of hydrogen-bond donors (Lipinski definition) is 0. The van der Waals surface area contributed by atoms with Gasteiger partial charge in [0.25, 0.3) is 5.91 Å². The second-order valence-corrected chi connectivity index (χ2v) is 10.2. The molecule has 38 heavy (non-hydrogen) atoms. The van der Waals surface area contributed by atoms with Crippen molar-refractivity contribution in [3.63, 3.8) is 0 Å². The number of methoxy groups -OCH3 is 3. The molecule has 2 aromatic heterocycles. The first-order valence-corrected chi connectivity index (χ1v) is 12.7. The molecule has 5 aromatic rings. The fourth-order valence-electron chi connectivity index (χ4n) is 4.98. The number of benzene rings is 3. The van der Waals surface area contributed by atoms with Crippen LogP contribution in [0.25, 0.3) is 21.2 Å². The molecule has 0 saturated carbocycles. The number of carbonyl (C=O) groups excluding carboxylic acids is 1. The van der Waals surface area contributed by atoms with Crippen molar-refractivity contribution in [1.29, 1.82) is 0 Å². The highest BCUT2D eigenvalue weighted by Gasteiger charge is 2.45. The summed E-state index contributed by atoms with van der Waals surface area (Å²) in [6.45, 7) is 3.91. The minimum atomic E-state index is -0.825. The zero-order chi connectivity index (χ0) is 26.7. The Balaban J connectivity index is 1.66. The zero-order valence-electron chi connectivity index (χ0n) is 21.4. The van der Waals surface area contributed by atoms with Crippen molar-refractivity contribution < 1.29 is 23.4 Å². The normalized spacial score (nSPS) is 14.8. The lowest BCUT2D eigenvalue weighted by atomic mass is 9.97. The highest BCUT2D eigenvalue weighted by atomic mass is 32.1. The summed E-state index contributed by atoms with van der Waals surface area (Å²) in [5.41, 5.74) is 3.71. The molecule has 0 bridgehead atoms. The third-order valence-electron chi connectivity index (χ3n) is 6.77. The summed E-state index contributed by atoms with van der Waals surface area (Å²) in [6, 6.07) is 13.9. The van der Waals surface area contributed by atoms with Crippen molar-refractivity contribution in [1.82, 2.24) is 4.98 Å². The maximum atomic E-state index is 14.0. The Kier molecular flexibility index (Phi) is 5.61. The van der Waals surface area contributed by atoms with E-state index in [4.69, 9.17) is 23.6 Å². The number of fused-ring (bicyclic) bond motifs is 3. The molecule has 1 atom stereocenters. The van der Waals surface area contributed by atoms with Gasteiger partial charge in [0, 0.05) is 0 Å². The number of hydrogen-bond acceptors (Lipinski definition) is 8. The van der Waals surface area contributed by atoms with Crippen molar-refractivity contribution in [2.45, 2.75) is 19.9 Å². The predicted octanol–water partition coefficient (Wildman–Crippen LogP) is 5.80. The molecule has 3 heterocycles. The molecule has 0 fully saturated rings. The van der Waals surface area contributed by atoms with E-state index in [0.717, 1.165) is 21.3 Å². The fourth-order valence-corrected chi connectivity index (χ4v) is 6.07. The highest BCUT2D eigenvalue weighted by Crippen LogP contribution is 2.47. The number of aryl methyl sites for hydroxylation is 2. The number of ether oxygens (including phenoxy) is 3. The standard InChI is InChI=1S/C29H24N2O6S/c1-14-7-9-19-17(10-14)25(32)23-24(16-12-20(34-3)26(36-5)21(13-16)35-4)31(28(33)27(23)37-19)29-30-18-8-6-15(2)11-22(18)38-29/h6-13,24H,1-5H3/t24-/m0/s1. The lowest BCUT2D eigenvalue weighted by Crippen LogP contribution is -2.29. The molecule has 1 aliphatic heterocycles. The van der Waals surface area contributed by atoms with Crippen molar-refractivity contribution in [2.75, 3.05) is 26.2 Å². The summed E-state index contributed by atoms with van der Waals surface area (Å²) in [5, 5.41) is 0.871. The second-order valence-electron chi connectivity index (χ2n) is 9.18. The first-order chi connectivity index (χ1) is 18.3. The maximum absolute atomic E-state index is 14.0. The minimum Gasteiger partial charge on any atom is -0.493 e. The van der Waals surface area contributed by atoms with Crippen LogP contribution in [0.2, 0.25) is 0 Å². The summed E-state index contributed by atoms with van der Waals surface area (Å²) < 4.78 is 23.7. The van der Waals surface area contributed by atoms with Crippen LogP contribution < -0.4 is 24.5 Å². The quantitative estimate of drug-likeness (QED) is 0.285. The van der Waals surface area contributed by atoms with Gasteiger partial charge in [0.2, 0.25) is 11.5 Å². The SMILES string of the molecule is COc1cc([C@H]2c3c(oc4ccc(C)cc4c3=O)C(=O)N2c2nc3ccc(C)cc3s2)cc(OC)c1OC. The van der Waals surface area contributed by atoms with E-state index in [0.29, 0.717) is 38.9 Å². The largest absolute Gasteiger partial charge is 0.493 e. The predicted molar refractivity (Wildman–Crippen MR) is 146 cm³/mol. The molecular formula is C29H24N2O6S. The average Bonchev–Trinajstić information content (AvgIpc) is 3.46. The molecule has 6 rings (SSSR count).